The zero-order valence-corrected chi connectivity index (χ0v) is 15.8. The van der Waals surface area contributed by atoms with Crippen molar-refractivity contribution in [3.63, 3.8) is 0 Å². The molecule has 0 aromatic rings. The minimum absolute atomic E-state index is 0.108. The van der Waals surface area contributed by atoms with Gasteiger partial charge >= 0.3 is 6.03 Å². The summed E-state index contributed by atoms with van der Waals surface area (Å²) in [7, 11) is 0. The highest BCUT2D eigenvalue weighted by molar-refractivity contribution is 6.09. The molecule has 0 radical (unpaired) electrons. The molecule has 2 saturated heterocycles. The molecular formula is C19H31N3O3. The molecule has 4 amide bonds. The Morgan fingerprint density at radius 2 is 1.72 bits per heavy atom. The molecule has 2 aliphatic heterocycles. The summed E-state index contributed by atoms with van der Waals surface area (Å²) in [5.74, 6) is 0.255. The van der Waals surface area contributed by atoms with E-state index in [4.69, 9.17) is 0 Å². The zero-order valence-electron chi connectivity index (χ0n) is 15.8. The molecule has 0 atom stereocenters. The van der Waals surface area contributed by atoms with Crippen LogP contribution in [-0.4, -0.2) is 52.8 Å². The van der Waals surface area contributed by atoms with Gasteiger partial charge in [0.25, 0.3) is 5.91 Å². The molecule has 1 saturated carbocycles. The lowest BCUT2D eigenvalue weighted by atomic mass is 9.67. The first-order chi connectivity index (χ1) is 11.7. The van der Waals surface area contributed by atoms with Crippen LogP contribution in [0.4, 0.5) is 4.79 Å². The van der Waals surface area contributed by atoms with E-state index in [-0.39, 0.29) is 23.8 Å². The summed E-state index contributed by atoms with van der Waals surface area (Å²) in [6.45, 7) is 8.05. The van der Waals surface area contributed by atoms with Gasteiger partial charge in [-0.05, 0) is 56.3 Å². The maximum absolute atomic E-state index is 12.9. The van der Waals surface area contributed by atoms with Crippen molar-refractivity contribution in [2.75, 3.05) is 19.6 Å². The number of hydrogen-bond acceptors (Lipinski definition) is 3. The van der Waals surface area contributed by atoms with Gasteiger partial charge in [0, 0.05) is 13.1 Å². The average Bonchev–Trinajstić information content (AvgIpc) is 2.79. The summed E-state index contributed by atoms with van der Waals surface area (Å²) in [6.07, 6.45) is 6.37. The summed E-state index contributed by atoms with van der Waals surface area (Å²) in [5.41, 5.74) is -0.557. The molecular weight excluding hydrogens is 318 g/mol. The molecule has 25 heavy (non-hydrogen) atoms. The van der Waals surface area contributed by atoms with E-state index in [2.05, 4.69) is 26.1 Å². The van der Waals surface area contributed by atoms with Crippen LogP contribution in [0.25, 0.3) is 0 Å². The van der Waals surface area contributed by atoms with Crippen molar-refractivity contribution in [3.8, 4) is 0 Å². The van der Waals surface area contributed by atoms with Gasteiger partial charge in [0.1, 0.15) is 12.1 Å². The van der Waals surface area contributed by atoms with E-state index in [1.165, 1.54) is 0 Å². The van der Waals surface area contributed by atoms with E-state index in [9.17, 15) is 14.4 Å². The molecule has 3 aliphatic rings. The van der Waals surface area contributed by atoms with Crippen LogP contribution >= 0.6 is 0 Å². The van der Waals surface area contributed by atoms with E-state index in [0.29, 0.717) is 18.8 Å². The number of urea groups is 1. The number of carbonyl (C=O) groups excluding carboxylic acids is 3. The quantitative estimate of drug-likeness (QED) is 0.779. The molecule has 3 rings (SSSR count). The van der Waals surface area contributed by atoms with E-state index in [0.717, 1.165) is 50.1 Å². The van der Waals surface area contributed by atoms with Crippen molar-refractivity contribution in [1.82, 2.24) is 15.1 Å². The Kier molecular flexibility index (Phi) is 4.82. The predicted octanol–water partition coefficient (Wildman–Crippen LogP) is 2.53. The molecule has 0 unspecified atom stereocenters. The highest BCUT2D eigenvalue weighted by atomic mass is 16.2. The zero-order chi connectivity index (χ0) is 18.2. The van der Waals surface area contributed by atoms with Crippen LogP contribution in [0.15, 0.2) is 0 Å². The normalized spacial score (nSPS) is 30.8. The number of amides is 4. The Morgan fingerprint density at radius 1 is 1.12 bits per heavy atom. The summed E-state index contributed by atoms with van der Waals surface area (Å²) < 4.78 is 0. The summed E-state index contributed by atoms with van der Waals surface area (Å²) >= 11 is 0. The third-order valence-electron chi connectivity index (χ3n) is 6.31. The van der Waals surface area contributed by atoms with E-state index >= 15 is 0 Å². The number of rotatable bonds is 2. The Balaban J connectivity index is 1.63. The molecule has 6 heteroatoms. The fourth-order valence-corrected chi connectivity index (χ4v) is 4.51. The predicted molar refractivity (Wildman–Crippen MR) is 94.8 cm³/mol. The topological polar surface area (TPSA) is 69.7 Å². The van der Waals surface area contributed by atoms with Crippen LogP contribution in [0.3, 0.4) is 0 Å². The van der Waals surface area contributed by atoms with E-state index < -0.39 is 11.6 Å². The fraction of sp³-hybridized carbons (Fsp3) is 0.842. The first kappa shape index (κ1) is 18.2. The number of nitrogens with one attached hydrogen (secondary N) is 1. The molecule has 6 nitrogen and oxygen atoms in total. The standard InChI is InChI=1S/C19H31N3O3/c1-18(2,3)14-7-9-19(10-8-14)16(24)22(17(25)20-19)13-15(23)21-11-5-4-6-12-21/h14H,4-13H2,1-3H3,(H,20,25). The minimum atomic E-state index is -0.777. The van der Waals surface area contributed by atoms with Gasteiger partial charge in [-0.1, -0.05) is 20.8 Å². The summed E-state index contributed by atoms with van der Waals surface area (Å²) in [4.78, 5) is 40.7. The van der Waals surface area contributed by atoms with Crippen molar-refractivity contribution in [2.24, 2.45) is 11.3 Å². The highest BCUT2D eigenvalue weighted by Gasteiger charge is 2.53. The SMILES string of the molecule is CC(C)(C)C1CCC2(CC1)NC(=O)N(CC(=O)N1CCCCC1)C2=O. The second-order valence-electron chi connectivity index (χ2n) is 8.99. The Hall–Kier alpha value is -1.59. The maximum atomic E-state index is 12.9. The van der Waals surface area contributed by atoms with Crippen LogP contribution in [0.5, 0.6) is 0 Å². The number of carbonyl (C=O) groups is 3. The Bertz CT molecular complexity index is 553. The van der Waals surface area contributed by atoms with Gasteiger partial charge in [-0.2, -0.15) is 0 Å². The fourth-order valence-electron chi connectivity index (χ4n) is 4.51. The summed E-state index contributed by atoms with van der Waals surface area (Å²) in [6, 6.07) is -0.399. The van der Waals surface area contributed by atoms with E-state index in [1.54, 1.807) is 4.90 Å². The van der Waals surface area contributed by atoms with Crippen LogP contribution in [0.1, 0.15) is 65.7 Å². The number of hydrogen-bond donors (Lipinski definition) is 1. The highest BCUT2D eigenvalue weighted by Crippen LogP contribution is 2.43. The van der Waals surface area contributed by atoms with Crippen molar-refractivity contribution >= 4 is 17.8 Å². The largest absolute Gasteiger partial charge is 0.341 e. The number of likely N-dealkylation sites (tertiary alicyclic amines) is 1. The monoisotopic (exact) mass is 349 g/mol. The van der Waals surface area contributed by atoms with Crippen molar-refractivity contribution in [1.29, 1.82) is 0 Å². The lowest BCUT2D eigenvalue weighted by Crippen LogP contribution is -2.51. The van der Waals surface area contributed by atoms with Gasteiger partial charge < -0.3 is 10.2 Å². The van der Waals surface area contributed by atoms with Crippen LogP contribution in [0.2, 0.25) is 0 Å². The molecule has 0 aromatic heterocycles. The van der Waals surface area contributed by atoms with Gasteiger partial charge in [0.2, 0.25) is 5.91 Å². The number of nitrogens with zero attached hydrogens (tertiary/aromatic N) is 2. The van der Waals surface area contributed by atoms with E-state index in [1.807, 2.05) is 0 Å². The lowest BCUT2D eigenvalue weighted by molar-refractivity contribution is -0.140. The number of piperidine rings is 1. The van der Waals surface area contributed by atoms with Crippen LogP contribution < -0.4 is 5.32 Å². The third-order valence-corrected chi connectivity index (χ3v) is 6.31. The first-order valence-electron chi connectivity index (χ1n) is 9.65. The second-order valence-corrected chi connectivity index (χ2v) is 8.99. The number of imide groups is 1. The first-order valence-corrected chi connectivity index (χ1v) is 9.65. The third kappa shape index (κ3) is 3.53. The molecule has 3 fully saturated rings. The summed E-state index contributed by atoms with van der Waals surface area (Å²) in [5, 5.41) is 2.92. The van der Waals surface area contributed by atoms with Crippen molar-refractivity contribution in [3.05, 3.63) is 0 Å². The van der Waals surface area contributed by atoms with Crippen LogP contribution in [-0.2, 0) is 9.59 Å². The van der Waals surface area contributed by atoms with Gasteiger partial charge in [0.05, 0.1) is 0 Å². The Morgan fingerprint density at radius 3 is 2.28 bits per heavy atom. The van der Waals surface area contributed by atoms with Crippen LogP contribution in [0, 0.1) is 11.3 Å². The molecule has 1 aliphatic carbocycles. The maximum Gasteiger partial charge on any atom is 0.325 e. The van der Waals surface area contributed by atoms with Gasteiger partial charge in [-0.15, -0.1) is 0 Å². The molecule has 2 heterocycles. The van der Waals surface area contributed by atoms with Crippen molar-refractivity contribution < 1.29 is 14.4 Å². The second kappa shape index (κ2) is 6.61. The molecule has 0 aromatic carbocycles. The van der Waals surface area contributed by atoms with Gasteiger partial charge in [-0.25, -0.2) is 4.79 Å². The Labute approximate surface area is 150 Å². The smallest absolute Gasteiger partial charge is 0.325 e. The minimum Gasteiger partial charge on any atom is -0.341 e. The molecule has 1 spiro atoms. The lowest BCUT2D eigenvalue weighted by Gasteiger charge is -2.40. The average molecular weight is 349 g/mol. The molecule has 1 N–H and O–H groups in total. The molecule has 0 bridgehead atoms. The van der Waals surface area contributed by atoms with Crippen molar-refractivity contribution in [2.45, 2.75) is 71.3 Å². The van der Waals surface area contributed by atoms with Gasteiger partial charge in [0.15, 0.2) is 0 Å². The molecule has 140 valence electrons. The van der Waals surface area contributed by atoms with Gasteiger partial charge in [-0.3, -0.25) is 14.5 Å².